The first-order valence-corrected chi connectivity index (χ1v) is 7.78. The van der Waals surface area contributed by atoms with E-state index in [9.17, 15) is 14.7 Å². The van der Waals surface area contributed by atoms with Crippen LogP contribution in [0.2, 0.25) is 0 Å². The average molecular weight is 296 g/mol. The van der Waals surface area contributed by atoms with E-state index in [1.54, 1.807) is 19.1 Å². The molecule has 0 spiro atoms. The summed E-state index contributed by atoms with van der Waals surface area (Å²) < 4.78 is 0. The lowest BCUT2D eigenvalue weighted by atomic mass is 9.92. The summed E-state index contributed by atoms with van der Waals surface area (Å²) in [5, 5.41) is 17.1. The van der Waals surface area contributed by atoms with Crippen molar-refractivity contribution in [3.8, 4) is 0 Å². The van der Waals surface area contributed by atoms with Crippen LogP contribution >= 0.6 is 11.3 Å². The summed E-state index contributed by atoms with van der Waals surface area (Å²) in [5.41, 5.74) is 0. The number of rotatable bonds is 4. The lowest BCUT2D eigenvalue weighted by molar-refractivity contribution is -0.124. The Hall–Kier alpha value is -1.40. The molecule has 1 heterocycles. The molecule has 3 atom stereocenters. The molecule has 1 aliphatic rings. The van der Waals surface area contributed by atoms with E-state index in [1.165, 1.54) is 11.3 Å². The Labute approximate surface area is 122 Å². The molecular weight excluding hydrogens is 276 g/mol. The maximum Gasteiger partial charge on any atom is 0.261 e. The quantitative estimate of drug-likeness (QED) is 0.783. The van der Waals surface area contributed by atoms with Gasteiger partial charge in [-0.05, 0) is 31.2 Å². The lowest BCUT2D eigenvalue weighted by Gasteiger charge is -2.29. The van der Waals surface area contributed by atoms with Crippen molar-refractivity contribution >= 4 is 23.2 Å². The summed E-state index contributed by atoms with van der Waals surface area (Å²) in [4.78, 5) is 24.5. The number of nitrogens with one attached hydrogen (secondary N) is 2. The second-order valence-electron chi connectivity index (χ2n) is 5.14. The van der Waals surface area contributed by atoms with Gasteiger partial charge in [-0.2, -0.15) is 0 Å². The van der Waals surface area contributed by atoms with Crippen molar-refractivity contribution in [2.45, 2.75) is 50.8 Å². The molecule has 1 fully saturated rings. The third kappa shape index (κ3) is 3.80. The fourth-order valence-corrected chi connectivity index (χ4v) is 2.96. The van der Waals surface area contributed by atoms with Gasteiger partial charge in [-0.15, -0.1) is 11.3 Å². The van der Waals surface area contributed by atoms with Crippen LogP contribution in [0.25, 0.3) is 0 Å². The molecule has 3 N–H and O–H groups in total. The number of thiophene rings is 1. The van der Waals surface area contributed by atoms with Gasteiger partial charge in [0.15, 0.2) is 0 Å². The van der Waals surface area contributed by atoms with Crippen LogP contribution in [0.4, 0.5) is 0 Å². The molecule has 20 heavy (non-hydrogen) atoms. The predicted molar refractivity (Wildman–Crippen MR) is 77.7 cm³/mol. The molecule has 2 amide bonds. The predicted octanol–water partition coefficient (Wildman–Crippen LogP) is 1.29. The van der Waals surface area contributed by atoms with Crippen LogP contribution in [0.3, 0.4) is 0 Å². The van der Waals surface area contributed by atoms with Gasteiger partial charge in [-0.1, -0.05) is 18.9 Å². The van der Waals surface area contributed by atoms with E-state index in [0.29, 0.717) is 4.88 Å². The molecular formula is C14H20N2O3S. The standard InChI is InChI=1S/C14H20N2O3S/c1-9(15-14(19)12-7-4-8-20-12)13(18)16-10-5-2-3-6-11(10)17/h4,7-11,17H,2-3,5-6H2,1H3,(H,15,19)(H,16,18)/t9?,10-,11-/m1/s1. The van der Waals surface area contributed by atoms with Crippen molar-refractivity contribution in [1.82, 2.24) is 10.6 Å². The highest BCUT2D eigenvalue weighted by Gasteiger charge is 2.26. The van der Waals surface area contributed by atoms with Crippen LogP contribution in [-0.2, 0) is 4.79 Å². The number of amides is 2. The highest BCUT2D eigenvalue weighted by molar-refractivity contribution is 7.12. The van der Waals surface area contributed by atoms with Gasteiger partial charge >= 0.3 is 0 Å². The molecule has 2 rings (SSSR count). The Morgan fingerprint density at radius 2 is 2.15 bits per heavy atom. The zero-order valence-corrected chi connectivity index (χ0v) is 12.3. The van der Waals surface area contributed by atoms with Crippen LogP contribution < -0.4 is 10.6 Å². The molecule has 1 aliphatic carbocycles. The Morgan fingerprint density at radius 1 is 1.40 bits per heavy atom. The molecule has 0 saturated heterocycles. The largest absolute Gasteiger partial charge is 0.391 e. The Bertz CT molecular complexity index is 461. The van der Waals surface area contributed by atoms with E-state index in [1.807, 2.05) is 5.38 Å². The van der Waals surface area contributed by atoms with Crippen molar-refractivity contribution < 1.29 is 14.7 Å². The zero-order chi connectivity index (χ0) is 14.5. The summed E-state index contributed by atoms with van der Waals surface area (Å²) in [6.45, 7) is 1.65. The summed E-state index contributed by atoms with van der Waals surface area (Å²) in [7, 11) is 0. The van der Waals surface area contributed by atoms with Crippen molar-refractivity contribution in [2.24, 2.45) is 0 Å². The fraction of sp³-hybridized carbons (Fsp3) is 0.571. The van der Waals surface area contributed by atoms with Crippen LogP contribution in [0.15, 0.2) is 17.5 Å². The number of carbonyl (C=O) groups is 2. The maximum absolute atomic E-state index is 12.0. The van der Waals surface area contributed by atoms with Crippen LogP contribution in [-0.4, -0.2) is 35.1 Å². The van der Waals surface area contributed by atoms with Gasteiger partial charge in [0.1, 0.15) is 6.04 Å². The van der Waals surface area contributed by atoms with E-state index in [-0.39, 0.29) is 17.9 Å². The van der Waals surface area contributed by atoms with Gasteiger partial charge in [0.25, 0.3) is 5.91 Å². The van der Waals surface area contributed by atoms with E-state index >= 15 is 0 Å². The van der Waals surface area contributed by atoms with Gasteiger partial charge < -0.3 is 15.7 Å². The van der Waals surface area contributed by atoms with E-state index < -0.39 is 12.1 Å². The Balaban J connectivity index is 1.84. The first kappa shape index (κ1) is 15.0. The molecule has 1 aromatic heterocycles. The maximum atomic E-state index is 12.0. The summed E-state index contributed by atoms with van der Waals surface area (Å²) >= 11 is 1.34. The van der Waals surface area contributed by atoms with Crippen LogP contribution in [0, 0.1) is 0 Å². The summed E-state index contributed by atoms with van der Waals surface area (Å²) in [6.07, 6.45) is 3.04. The van der Waals surface area contributed by atoms with E-state index in [2.05, 4.69) is 10.6 Å². The molecule has 0 bridgehead atoms. The molecule has 0 aliphatic heterocycles. The highest BCUT2D eigenvalue weighted by atomic mass is 32.1. The van der Waals surface area contributed by atoms with Crippen molar-refractivity contribution in [3.63, 3.8) is 0 Å². The lowest BCUT2D eigenvalue weighted by Crippen LogP contribution is -2.52. The van der Waals surface area contributed by atoms with Gasteiger partial charge in [0.05, 0.1) is 17.0 Å². The molecule has 6 heteroatoms. The molecule has 1 aromatic rings. The average Bonchev–Trinajstić information content (AvgIpc) is 2.95. The fourth-order valence-electron chi connectivity index (χ4n) is 2.33. The SMILES string of the molecule is CC(NC(=O)c1cccs1)C(=O)N[C@@H]1CCCC[C@H]1O. The minimum atomic E-state index is -0.612. The summed E-state index contributed by atoms with van der Waals surface area (Å²) in [5.74, 6) is -0.493. The minimum absolute atomic E-state index is 0.197. The van der Waals surface area contributed by atoms with Crippen molar-refractivity contribution in [2.75, 3.05) is 0 Å². The van der Waals surface area contributed by atoms with Gasteiger partial charge in [0.2, 0.25) is 5.91 Å². The zero-order valence-electron chi connectivity index (χ0n) is 11.5. The van der Waals surface area contributed by atoms with Gasteiger partial charge in [-0.3, -0.25) is 9.59 Å². The smallest absolute Gasteiger partial charge is 0.261 e. The van der Waals surface area contributed by atoms with E-state index in [0.717, 1.165) is 25.7 Å². The number of aliphatic hydroxyl groups excluding tert-OH is 1. The molecule has 5 nitrogen and oxygen atoms in total. The van der Waals surface area contributed by atoms with Crippen molar-refractivity contribution in [1.29, 1.82) is 0 Å². The number of carbonyl (C=O) groups excluding carboxylic acids is 2. The topological polar surface area (TPSA) is 78.4 Å². The van der Waals surface area contributed by atoms with Gasteiger partial charge in [-0.25, -0.2) is 0 Å². The second kappa shape index (κ2) is 6.85. The van der Waals surface area contributed by atoms with Gasteiger partial charge in [0, 0.05) is 0 Å². The van der Waals surface area contributed by atoms with Crippen LogP contribution in [0.5, 0.6) is 0 Å². The second-order valence-corrected chi connectivity index (χ2v) is 6.09. The summed E-state index contributed by atoms with van der Waals surface area (Å²) in [6, 6.07) is 2.70. The monoisotopic (exact) mass is 296 g/mol. The number of hydrogen-bond donors (Lipinski definition) is 3. The number of aliphatic hydroxyl groups is 1. The molecule has 0 radical (unpaired) electrons. The highest BCUT2D eigenvalue weighted by Crippen LogP contribution is 2.18. The first-order valence-electron chi connectivity index (χ1n) is 6.90. The van der Waals surface area contributed by atoms with Crippen LogP contribution in [0.1, 0.15) is 42.3 Å². The molecule has 0 aromatic carbocycles. The molecule has 110 valence electrons. The van der Waals surface area contributed by atoms with Crippen molar-refractivity contribution in [3.05, 3.63) is 22.4 Å². The molecule has 1 unspecified atom stereocenters. The Morgan fingerprint density at radius 3 is 2.80 bits per heavy atom. The van der Waals surface area contributed by atoms with E-state index in [4.69, 9.17) is 0 Å². The third-order valence-electron chi connectivity index (χ3n) is 3.54. The normalized spacial score (nSPS) is 23.9. The third-order valence-corrected chi connectivity index (χ3v) is 4.41. The molecule has 1 saturated carbocycles. The Kier molecular flexibility index (Phi) is 5.14. The minimum Gasteiger partial charge on any atom is -0.391 e. The first-order chi connectivity index (χ1) is 9.58. The number of hydrogen-bond acceptors (Lipinski definition) is 4.